The molecule has 3 rings (SSSR count). The minimum absolute atomic E-state index is 0.0757. The van der Waals surface area contributed by atoms with Crippen LogP contribution in [0.3, 0.4) is 0 Å². The average Bonchev–Trinajstić information content (AvgIpc) is 3.22. The van der Waals surface area contributed by atoms with Gasteiger partial charge in [-0.3, -0.25) is 4.79 Å². The van der Waals surface area contributed by atoms with E-state index in [2.05, 4.69) is 60.0 Å². The quantitative estimate of drug-likeness (QED) is 0.658. The molecule has 2 unspecified atom stereocenters. The number of H-pyrrole nitrogens is 1. The summed E-state index contributed by atoms with van der Waals surface area (Å²) in [5.41, 5.74) is 3.51. The van der Waals surface area contributed by atoms with E-state index in [1.165, 1.54) is 16.5 Å². The molecule has 0 bridgehead atoms. The molecule has 0 radical (unpaired) electrons. The minimum atomic E-state index is 0.0757. The van der Waals surface area contributed by atoms with Crippen molar-refractivity contribution in [3.05, 3.63) is 58.4 Å². The number of aromatic nitrogens is 1. The number of carbonyl (C=O) groups is 1. The molecular formula is C20H24N2OS. The summed E-state index contributed by atoms with van der Waals surface area (Å²) >= 11 is 1.67. The number of aromatic amines is 1. The first kappa shape index (κ1) is 16.8. The Morgan fingerprint density at radius 3 is 2.71 bits per heavy atom. The van der Waals surface area contributed by atoms with Crippen molar-refractivity contribution in [2.75, 3.05) is 0 Å². The lowest BCUT2D eigenvalue weighted by Gasteiger charge is -2.20. The lowest BCUT2D eigenvalue weighted by molar-refractivity contribution is -0.122. The third-order valence-corrected chi connectivity index (χ3v) is 5.42. The normalized spacial score (nSPS) is 14.0. The average molecular weight is 340 g/mol. The third-order valence-electron chi connectivity index (χ3n) is 4.72. The molecule has 1 aromatic carbocycles. The van der Waals surface area contributed by atoms with Crippen molar-refractivity contribution in [1.82, 2.24) is 10.3 Å². The fraction of sp³-hybridized carbons (Fsp3) is 0.350. The maximum Gasteiger partial charge on any atom is 0.221 e. The van der Waals surface area contributed by atoms with Gasteiger partial charge in [0.1, 0.15) is 0 Å². The van der Waals surface area contributed by atoms with E-state index in [4.69, 9.17) is 0 Å². The molecule has 126 valence electrons. The second kappa shape index (κ2) is 7.22. The maximum atomic E-state index is 12.6. The molecule has 3 nitrogen and oxygen atoms in total. The first-order chi connectivity index (χ1) is 11.6. The molecule has 0 saturated heterocycles. The van der Waals surface area contributed by atoms with Crippen LogP contribution in [-0.2, 0) is 4.79 Å². The SMILES string of the molecule is CC(C)C(C)NC(=O)CC(c1ccsc1)c1c[nH]c2ccccc12. The minimum Gasteiger partial charge on any atom is -0.361 e. The van der Waals surface area contributed by atoms with E-state index in [-0.39, 0.29) is 17.9 Å². The number of fused-ring (bicyclic) bond motifs is 1. The largest absolute Gasteiger partial charge is 0.361 e. The second-order valence-corrected chi connectivity index (χ2v) is 7.48. The first-order valence-corrected chi connectivity index (χ1v) is 9.38. The van der Waals surface area contributed by atoms with Gasteiger partial charge in [-0.05, 0) is 46.9 Å². The molecule has 0 aliphatic carbocycles. The van der Waals surface area contributed by atoms with Crippen molar-refractivity contribution in [3.8, 4) is 0 Å². The van der Waals surface area contributed by atoms with Gasteiger partial charge in [-0.15, -0.1) is 0 Å². The zero-order valence-corrected chi connectivity index (χ0v) is 15.2. The molecule has 2 N–H and O–H groups in total. The Morgan fingerprint density at radius 1 is 1.21 bits per heavy atom. The van der Waals surface area contributed by atoms with E-state index in [1.54, 1.807) is 11.3 Å². The Labute approximate surface area is 147 Å². The van der Waals surface area contributed by atoms with Crippen LogP contribution >= 0.6 is 11.3 Å². The summed E-state index contributed by atoms with van der Waals surface area (Å²) in [6.45, 7) is 6.32. The number of para-hydroxylation sites is 1. The number of benzene rings is 1. The van der Waals surface area contributed by atoms with Gasteiger partial charge in [0.2, 0.25) is 5.91 Å². The van der Waals surface area contributed by atoms with Crippen LogP contribution in [0, 0.1) is 5.92 Å². The predicted molar refractivity (Wildman–Crippen MR) is 102 cm³/mol. The zero-order valence-electron chi connectivity index (χ0n) is 14.4. The van der Waals surface area contributed by atoms with Gasteiger partial charge < -0.3 is 10.3 Å². The third kappa shape index (κ3) is 3.54. The number of hydrogen-bond acceptors (Lipinski definition) is 2. The highest BCUT2D eigenvalue weighted by molar-refractivity contribution is 7.08. The Balaban J connectivity index is 1.89. The number of carbonyl (C=O) groups excluding carboxylic acids is 1. The van der Waals surface area contributed by atoms with E-state index in [9.17, 15) is 4.79 Å². The summed E-state index contributed by atoms with van der Waals surface area (Å²) < 4.78 is 0. The number of hydrogen-bond donors (Lipinski definition) is 2. The van der Waals surface area contributed by atoms with Crippen LogP contribution in [0.4, 0.5) is 0 Å². The second-order valence-electron chi connectivity index (χ2n) is 6.70. The van der Waals surface area contributed by atoms with Gasteiger partial charge in [-0.1, -0.05) is 32.0 Å². The molecule has 3 aromatic rings. The van der Waals surface area contributed by atoms with Crippen molar-refractivity contribution in [1.29, 1.82) is 0 Å². The van der Waals surface area contributed by atoms with Gasteiger partial charge in [0.25, 0.3) is 0 Å². The van der Waals surface area contributed by atoms with Crippen molar-refractivity contribution >= 4 is 28.1 Å². The highest BCUT2D eigenvalue weighted by Gasteiger charge is 2.22. The maximum absolute atomic E-state index is 12.6. The van der Waals surface area contributed by atoms with Gasteiger partial charge in [-0.2, -0.15) is 11.3 Å². The predicted octanol–water partition coefficient (Wildman–Crippen LogP) is 4.91. The Hall–Kier alpha value is -2.07. The van der Waals surface area contributed by atoms with Crippen LogP contribution in [0.1, 0.15) is 44.2 Å². The van der Waals surface area contributed by atoms with Gasteiger partial charge in [0.15, 0.2) is 0 Å². The van der Waals surface area contributed by atoms with Gasteiger partial charge in [0, 0.05) is 35.5 Å². The zero-order chi connectivity index (χ0) is 17.1. The molecule has 0 aliphatic rings. The fourth-order valence-electron chi connectivity index (χ4n) is 2.93. The smallest absolute Gasteiger partial charge is 0.221 e. The Bertz CT molecular complexity index is 804. The number of amides is 1. The van der Waals surface area contributed by atoms with Crippen molar-refractivity contribution in [2.24, 2.45) is 5.92 Å². The van der Waals surface area contributed by atoms with Gasteiger partial charge in [0.05, 0.1) is 0 Å². The lowest BCUT2D eigenvalue weighted by atomic mass is 9.89. The van der Waals surface area contributed by atoms with Crippen LogP contribution in [0.5, 0.6) is 0 Å². The first-order valence-electron chi connectivity index (χ1n) is 8.43. The topological polar surface area (TPSA) is 44.9 Å². The van der Waals surface area contributed by atoms with Crippen LogP contribution in [0.2, 0.25) is 0 Å². The molecule has 0 aliphatic heterocycles. The van der Waals surface area contributed by atoms with Crippen molar-refractivity contribution in [3.63, 3.8) is 0 Å². The number of thiophene rings is 1. The lowest BCUT2D eigenvalue weighted by Crippen LogP contribution is -2.36. The molecule has 0 spiro atoms. The highest BCUT2D eigenvalue weighted by atomic mass is 32.1. The number of nitrogens with one attached hydrogen (secondary N) is 2. The van der Waals surface area contributed by atoms with E-state index >= 15 is 0 Å². The summed E-state index contributed by atoms with van der Waals surface area (Å²) in [5.74, 6) is 0.617. The van der Waals surface area contributed by atoms with Crippen LogP contribution in [0.15, 0.2) is 47.3 Å². The fourth-order valence-corrected chi connectivity index (χ4v) is 3.64. The van der Waals surface area contributed by atoms with Crippen LogP contribution in [0.25, 0.3) is 10.9 Å². The Kier molecular flexibility index (Phi) is 5.05. The van der Waals surface area contributed by atoms with E-state index in [1.807, 2.05) is 18.3 Å². The van der Waals surface area contributed by atoms with E-state index in [0.29, 0.717) is 12.3 Å². The Morgan fingerprint density at radius 2 is 2.00 bits per heavy atom. The molecule has 1 amide bonds. The molecule has 0 saturated carbocycles. The molecule has 2 atom stereocenters. The van der Waals surface area contributed by atoms with E-state index < -0.39 is 0 Å². The molecule has 2 heterocycles. The molecule has 0 fully saturated rings. The van der Waals surface area contributed by atoms with Gasteiger partial charge >= 0.3 is 0 Å². The number of rotatable bonds is 6. The van der Waals surface area contributed by atoms with Crippen molar-refractivity contribution < 1.29 is 4.79 Å². The van der Waals surface area contributed by atoms with Gasteiger partial charge in [-0.25, -0.2) is 0 Å². The summed E-state index contributed by atoms with van der Waals surface area (Å²) in [6, 6.07) is 10.6. The summed E-state index contributed by atoms with van der Waals surface area (Å²) in [6.07, 6.45) is 2.52. The highest BCUT2D eigenvalue weighted by Crippen LogP contribution is 2.34. The molecule has 24 heavy (non-hydrogen) atoms. The summed E-state index contributed by atoms with van der Waals surface area (Å²) in [5, 5.41) is 8.55. The summed E-state index contributed by atoms with van der Waals surface area (Å²) in [4.78, 5) is 15.9. The van der Waals surface area contributed by atoms with Crippen LogP contribution in [-0.4, -0.2) is 16.9 Å². The summed E-state index contributed by atoms with van der Waals surface area (Å²) in [7, 11) is 0. The standard InChI is InChI=1S/C20H24N2OS/c1-13(2)14(3)22-20(23)10-17(15-8-9-24-12-15)18-11-21-19-7-5-4-6-16(18)19/h4-9,11-14,17,21H,10H2,1-3H3,(H,22,23). The monoisotopic (exact) mass is 340 g/mol. The van der Waals surface area contributed by atoms with E-state index in [0.717, 1.165) is 5.52 Å². The van der Waals surface area contributed by atoms with Crippen molar-refractivity contribution in [2.45, 2.75) is 39.2 Å². The molecule has 2 aromatic heterocycles. The van der Waals surface area contributed by atoms with Crippen LogP contribution < -0.4 is 5.32 Å². The molecular weight excluding hydrogens is 316 g/mol. The molecule has 4 heteroatoms.